The van der Waals surface area contributed by atoms with Crippen LogP contribution in [0.1, 0.15) is 5.56 Å². The van der Waals surface area contributed by atoms with Crippen molar-refractivity contribution in [2.45, 2.75) is 18.0 Å². The molecule has 1 saturated heterocycles. The Labute approximate surface area is 195 Å². The first kappa shape index (κ1) is 27.1. The molecule has 0 bridgehead atoms. The van der Waals surface area contributed by atoms with Crippen molar-refractivity contribution in [1.29, 1.82) is 0 Å². The van der Waals surface area contributed by atoms with Crippen molar-refractivity contribution in [2.24, 2.45) is 0 Å². The molecule has 1 amide bonds. The van der Waals surface area contributed by atoms with Crippen LogP contribution in [0.3, 0.4) is 0 Å². The molecule has 0 saturated carbocycles. The van der Waals surface area contributed by atoms with Crippen LogP contribution in [0.2, 0.25) is 0 Å². The second kappa shape index (κ2) is 11.3. The number of aryl methyl sites for hydroxylation is 1. The molecule has 0 aliphatic carbocycles. The van der Waals surface area contributed by atoms with Crippen LogP contribution in [0.4, 0.5) is 19.0 Å². The zero-order valence-corrected chi connectivity index (χ0v) is 19.4. The number of carboxylic acids is 1. The van der Waals surface area contributed by atoms with Gasteiger partial charge in [0.1, 0.15) is 5.82 Å². The zero-order valence-electron chi connectivity index (χ0n) is 18.6. The first-order valence-electron chi connectivity index (χ1n) is 10.1. The predicted molar refractivity (Wildman–Crippen MR) is 118 cm³/mol. The highest BCUT2D eigenvalue weighted by atomic mass is 32.2. The molecule has 13 heteroatoms. The van der Waals surface area contributed by atoms with Crippen LogP contribution in [0.25, 0.3) is 0 Å². The molecule has 1 aromatic heterocycles. The first-order chi connectivity index (χ1) is 15.8. The number of benzene rings is 1. The number of aliphatic carboxylic acids is 1. The van der Waals surface area contributed by atoms with Crippen molar-refractivity contribution in [3.63, 3.8) is 0 Å². The van der Waals surface area contributed by atoms with Gasteiger partial charge in [0.25, 0.3) is 0 Å². The number of sulfonamides is 1. The van der Waals surface area contributed by atoms with Crippen molar-refractivity contribution < 1.29 is 36.3 Å². The number of carbonyl (C=O) groups excluding carboxylic acids is 1. The van der Waals surface area contributed by atoms with E-state index in [1.807, 2.05) is 25.1 Å². The van der Waals surface area contributed by atoms with Gasteiger partial charge in [-0.2, -0.15) is 17.5 Å². The summed E-state index contributed by atoms with van der Waals surface area (Å²) < 4.78 is 58.1. The summed E-state index contributed by atoms with van der Waals surface area (Å²) in [6.45, 7) is 4.18. The largest absolute Gasteiger partial charge is 0.490 e. The number of amides is 1. The SMILES string of the molecule is Cc1ccc(S(=O)(=O)N(C)CC(=O)N2CCN(c3ccccn3)CC2)cc1.O=C(O)C(F)(F)F. The van der Waals surface area contributed by atoms with Gasteiger partial charge in [0.05, 0.1) is 11.4 Å². The number of hydrogen-bond acceptors (Lipinski definition) is 6. The average Bonchev–Trinajstić information content (AvgIpc) is 2.79. The third-order valence-electron chi connectivity index (χ3n) is 4.94. The van der Waals surface area contributed by atoms with Crippen LogP contribution in [0, 0.1) is 6.92 Å². The summed E-state index contributed by atoms with van der Waals surface area (Å²) in [6.07, 6.45) is -3.34. The quantitative estimate of drug-likeness (QED) is 0.666. The summed E-state index contributed by atoms with van der Waals surface area (Å²) >= 11 is 0. The lowest BCUT2D eigenvalue weighted by Gasteiger charge is -2.36. The Morgan fingerprint density at radius 1 is 1.06 bits per heavy atom. The summed E-state index contributed by atoms with van der Waals surface area (Å²) in [5.41, 5.74) is 0.985. The molecule has 0 unspecified atom stereocenters. The van der Waals surface area contributed by atoms with E-state index in [0.29, 0.717) is 26.2 Å². The number of likely N-dealkylation sites (N-methyl/N-ethyl adjacent to an activating group) is 1. The fourth-order valence-corrected chi connectivity index (χ4v) is 4.11. The Morgan fingerprint density at radius 2 is 1.62 bits per heavy atom. The Morgan fingerprint density at radius 3 is 2.09 bits per heavy atom. The Balaban J connectivity index is 0.000000509. The van der Waals surface area contributed by atoms with E-state index in [0.717, 1.165) is 15.7 Å². The lowest BCUT2D eigenvalue weighted by molar-refractivity contribution is -0.192. The van der Waals surface area contributed by atoms with E-state index in [-0.39, 0.29) is 17.3 Å². The van der Waals surface area contributed by atoms with Crippen molar-refractivity contribution in [1.82, 2.24) is 14.2 Å². The molecule has 1 aliphatic rings. The predicted octanol–water partition coefficient (Wildman–Crippen LogP) is 1.99. The van der Waals surface area contributed by atoms with Gasteiger partial charge in [-0.05, 0) is 31.2 Å². The number of anilines is 1. The highest BCUT2D eigenvalue weighted by Crippen LogP contribution is 2.16. The molecule has 0 atom stereocenters. The molecule has 186 valence electrons. The smallest absolute Gasteiger partial charge is 0.475 e. The van der Waals surface area contributed by atoms with Crippen molar-refractivity contribution in [3.8, 4) is 0 Å². The van der Waals surface area contributed by atoms with E-state index in [4.69, 9.17) is 9.90 Å². The minimum absolute atomic E-state index is 0.167. The van der Waals surface area contributed by atoms with E-state index in [9.17, 15) is 26.4 Å². The molecule has 2 aromatic rings. The van der Waals surface area contributed by atoms with E-state index in [1.165, 1.54) is 7.05 Å². The van der Waals surface area contributed by atoms with Gasteiger partial charge in [-0.3, -0.25) is 4.79 Å². The van der Waals surface area contributed by atoms with Gasteiger partial charge < -0.3 is 14.9 Å². The second-order valence-corrected chi connectivity index (χ2v) is 9.48. The maximum absolute atomic E-state index is 12.6. The lowest BCUT2D eigenvalue weighted by Crippen LogP contribution is -2.51. The van der Waals surface area contributed by atoms with Crippen molar-refractivity contribution in [2.75, 3.05) is 44.7 Å². The number of carbonyl (C=O) groups is 2. The van der Waals surface area contributed by atoms with Gasteiger partial charge in [0, 0.05) is 39.4 Å². The Kier molecular flexibility index (Phi) is 8.99. The minimum atomic E-state index is -5.08. The molecular weight excluding hydrogens is 477 g/mol. The normalized spacial score (nSPS) is 14.4. The number of pyridine rings is 1. The maximum atomic E-state index is 12.6. The van der Waals surface area contributed by atoms with Crippen LogP contribution < -0.4 is 4.90 Å². The third kappa shape index (κ3) is 7.42. The molecule has 1 fully saturated rings. The highest BCUT2D eigenvalue weighted by molar-refractivity contribution is 7.89. The molecule has 3 rings (SSSR count). The van der Waals surface area contributed by atoms with Crippen molar-refractivity contribution in [3.05, 3.63) is 54.2 Å². The van der Waals surface area contributed by atoms with E-state index >= 15 is 0 Å². The summed E-state index contributed by atoms with van der Waals surface area (Å²) in [7, 11) is -2.24. The van der Waals surface area contributed by atoms with Crippen LogP contribution in [-0.2, 0) is 19.6 Å². The Bertz CT molecular complexity index is 1070. The van der Waals surface area contributed by atoms with Gasteiger partial charge in [-0.25, -0.2) is 18.2 Å². The molecule has 0 radical (unpaired) electrons. The summed E-state index contributed by atoms with van der Waals surface area (Å²) in [5, 5.41) is 7.12. The number of hydrogen-bond donors (Lipinski definition) is 1. The average molecular weight is 503 g/mol. The van der Waals surface area contributed by atoms with Gasteiger partial charge in [-0.15, -0.1) is 0 Å². The third-order valence-corrected chi connectivity index (χ3v) is 6.75. The number of aromatic nitrogens is 1. The van der Waals surface area contributed by atoms with E-state index in [1.54, 1.807) is 35.4 Å². The maximum Gasteiger partial charge on any atom is 0.490 e. The van der Waals surface area contributed by atoms with Crippen molar-refractivity contribution >= 4 is 27.7 Å². The molecule has 0 spiro atoms. The number of alkyl halides is 3. The molecule has 9 nitrogen and oxygen atoms in total. The fourth-order valence-electron chi connectivity index (χ4n) is 2.99. The molecule has 1 aliphatic heterocycles. The highest BCUT2D eigenvalue weighted by Gasteiger charge is 2.38. The number of nitrogens with zero attached hydrogens (tertiary/aromatic N) is 4. The number of piperazine rings is 1. The molecule has 2 heterocycles. The standard InChI is InChI=1S/C19H24N4O3S.C2HF3O2/c1-16-6-8-17(9-7-16)27(25,26)21(2)15-19(24)23-13-11-22(12-14-23)18-5-3-4-10-20-18;3-2(4,5)1(6)7/h3-10H,11-15H2,1-2H3;(H,6,7). The molecular formula is C21H25F3N4O5S. The lowest BCUT2D eigenvalue weighted by atomic mass is 10.2. The van der Waals surface area contributed by atoms with Gasteiger partial charge >= 0.3 is 12.1 Å². The minimum Gasteiger partial charge on any atom is -0.475 e. The van der Waals surface area contributed by atoms with Gasteiger partial charge in [0.2, 0.25) is 15.9 Å². The number of carboxylic acid groups (broad SMARTS) is 1. The summed E-state index contributed by atoms with van der Waals surface area (Å²) in [4.78, 5) is 29.8. The number of halogens is 3. The summed E-state index contributed by atoms with van der Waals surface area (Å²) in [5.74, 6) is -2.05. The molecule has 1 aromatic carbocycles. The van der Waals surface area contributed by atoms with E-state index in [2.05, 4.69) is 9.88 Å². The van der Waals surface area contributed by atoms with Crippen LogP contribution in [-0.4, -0.2) is 85.5 Å². The van der Waals surface area contributed by atoms with Gasteiger partial charge in [0.15, 0.2) is 0 Å². The zero-order chi connectivity index (χ0) is 25.5. The topological polar surface area (TPSA) is 111 Å². The monoisotopic (exact) mass is 502 g/mol. The second-order valence-electron chi connectivity index (χ2n) is 7.43. The summed E-state index contributed by atoms with van der Waals surface area (Å²) in [6, 6.07) is 12.4. The fraction of sp³-hybridized carbons (Fsp3) is 0.381. The van der Waals surface area contributed by atoms with E-state index < -0.39 is 22.2 Å². The van der Waals surface area contributed by atoms with Crippen LogP contribution >= 0.6 is 0 Å². The number of rotatable bonds is 5. The molecule has 34 heavy (non-hydrogen) atoms. The van der Waals surface area contributed by atoms with Crippen LogP contribution in [0.15, 0.2) is 53.6 Å². The Hall–Kier alpha value is -3.19. The van der Waals surface area contributed by atoms with Gasteiger partial charge in [-0.1, -0.05) is 23.8 Å². The van der Waals surface area contributed by atoms with Crippen LogP contribution in [0.5, 0.6) is 0 Å². The molecule has 1 N–H and O–H groups in total. The first-order valence-corrected chi connectivity index (χ1v) is 11.5.